The Labute approximate surface area is 105 Å². The lowest BCUT2D eigenvalue weighted by atomic mass is 10.1. The molecule has 1 heterocycles. The molecule has 0 spiro atoms. The molecular formula is C11H16BrClN2. The van der Waals surface area contributed by atoms with Crippen LogP contribution < -0.4 is 5.32 Å². The molecular weight excluding hydrogens is 275 g/mol. The van der Waals surface area contributed by atoms with E-state index in [1.165, 1.54) is 6.42 Å². The van der Waals surface area contributed by atoms with E-state index >= 15 is 0 Å². The SMILES string of the molecule is CC(C)CCCNc1ncc(Br)cc1Cl. The third-order valence-corrected chi connectivity index (χ3v) is 2.78. The predicted octanol–water partition coefficient (Wildman–Crippen LogP) is 4.35. The van der Waals surface area contributed by atoms with Gasteiger partial charge < -0.3 is 5.32 Å². The number of halogens is 2. The summed E-state index contributed by atoms with van der Waals surface area (Å²) in [5.74, 6) is 1.52. The van der Waals surface area contributed by atoms with Gasteiger partial charge in [0, 0.05) is 17.2 Å². The molecule has 0 amide bonds. The van der Waals surface area contributed by atoms with Crippen molar-refractivity contribution >= 4 is 33.3 Å². The summed E-state index contributed by atoms with van der Waals surface area (Å²) >= 11 is 9.34. The Bertz CT molecular complexity index is 315. The fraction of sp³-hybridized carbons (Fsp3) is 0.545. The van der Waals surface area contributed by atoms with Crippen LogP contribution in [-0.4, -0.2) is 11.5 Å². The molecule has 1 N–H and O–H groups in total. The summed E-state index contributed by atoms with van der Waals surface area (Å²) < 4.78 is 0.903. The Morgan fingerprint density at radius 1 is 1.53 bits per heavy atom. The Kier molecular flexibility index (Phi) is 5.40. The minimum absolute atomic E-state index is 0.661. The van der Waals surface area contributed by atoms with Crippen LogP contribution in [0.2, 0.25) is 5.02 Å². The van der Waals surface area contributed by atoms with Crippen LogP contribution in [0.4, 0.5) is 5.82 Å². The van der Waals surface area contributed by atoms with Crippen molar-refractivity contribution in [3.63, 3.8) is 0 Å². The first kappa shape index (κ1) is 12.8. The Morgan fingerprint density at radius 3 is 2.87 bits per heavy atom. The summed E-state index contributed by atoms with van der Waals surface area (Å²) in [4.78, 5) is 4.20. The molecule has 0 atom stereocenters. The van der Waals surface area contributed by atoms with Crippen LogP contribution in [0.1, 0.15) is 26.7 Å². The van der Waals surface area contributed by atoms with Crippen molar-refractivity contribution in [3.8, 4) is 0 Å². The van der Waals surface area contributed by atoms with Gasteiger partial charge in [-0.15, -0.1) is 0 Å². The third-order valence-electron chi connectivity index (χ3n) is 2.06. The van der Waals surface area contributed by atoms with Crippen LogP contribution in [0.5, 0.6) is 0 Å². The Hall–Kier alpha value is -0.280. The van der Waals surface area contributed by atoms with E-state index in [0.717, 1.165) is 29.2 Å². The lowest BCUT2D eigenvalue weighted by Gasteiger charge is -2.08. The van der Waals surface area contributed by atoms with Crippen molar-refractivity contribution in [1.82, 2.24) is 4.98 Å². The standard InChI is InChI=1S/C11H16BrClN2/c1-8(2)4-3-5-14-11-10(13)6-9(12)7-15-11/h6-8H,3-5H2,1-2H3,(H,14,15). The molecule has 0 saturated heterocycles. The van der Waals surface area contributed by atoms with E-state index < -0.39 is 0 Å². The van der Waals surface area contributed by atoms with Crippen LogP contribution in [0.25, 0.3) is 0 Å². The number of pyridine rings is 1. The largest absolute Gasteiger partial charge is 0.369 e. The lowest BCUT2D eigenvalue weighted by Crippen LogP contribution is -2.04. The minimum Gasteiger partial charge on any atom is -0.369 e. The van der Waals surface area contributed by atoms with E-state index in [1.54, 1.807) is 6.20 Å². The van der Waals surface area contributed by atoms with Gasteiger partial charge in [-0.3, -0.25) is 0 Å². The Morgan fingerprint density at radius 2 is 2.27 bits per heavy atom. The zero-order valence-electron chi connectivity index (χ0n) is 9.06. The molecule has 84 valence electrons. The van der Waals surface area contributed by atoms with Crippen molar-refractivity contribution < 1.29 is 0 Å². The van der Waals surface area contributed by atoms with E-state index in [1.807, 2.05) is 6.07 Å². The number of anilines is 1. The lowest BCUT2D eigenvalue weighted by molar-refractivity contribution is 0.566. The first-order chi connectivity index (χ1) is 7.09. The van der Waals surface area contributed by atoms with Crippen molar-refractivity contribution in [2.24, 2.45) is 5.92 Å². The van der Waals surface area contributed by atoms with Crippen LogP contribution >= 0.6 is 27.5 Å². The maximum atomic E-state index is 6.02. The molecule has 15 heavy (non-hydrogen) atoms. The molecule has 4 heteroatoms. The third kappa shape index (κ3) is 4.85. The van der Waals surface area contributed by atoms with Crippen molar-refractivity contribution in [1.29, 1.82) is 0 Å². The van der Waals surface area contributed by atoms with Crippen molar-refractivity contribution in [3.05, 3.63) is 21.8 Å². The van der Waals surface area contributed by atoms with Gasteiger partial charge in [-0.05, 0) is 40.8 Å². The van der Waals surface area contributed by atoms with Gasteiger partial charge in [0.15, 0.2) is 0 Å². The van der Waals surface area contributed by atoms with Crippen LogP contribution in [-0.2, 0) is 0 Å². The second kappa shape index (κ2) is 6.33. The highest BCUT2D eigenvalue weighted by Gasteiger charge is 2.01. The van der Waals surface area contributed by atoms with E-state index in [9.17, 15) is 0 Å². The molecule has 0 unspecified atom stereocenters. The van der Waals surface area contributed by atoms with E-state index in [4.69, 9.17) is 11.6 Å². The molecule has 0 bridgehead atoms. The zero-order valence-corrected chi connectivity index (χ0v) is 11.4. The minimum atomic E-state index is 0.661. The summed E-state index contributed by atoms with van der Waals surface area (Å²) in [6, 6.07) is 1.85. The first-order valence-electron chi connectivity index (χ1n) is 5.14. The highest BCUT2D eigenvalue weighted by Crippen LogP contribution is 2.22. The molecule has 0 fully saturated rings. The molecule has 1 rings (SSSR count). The summed E-state index contributed by atoms with van der Waals surface area (Å²) in [6.07, 6.45) is 4.11. The van der Waals surface area contributed by atoms with E-state index in [-0.39, 0.29) is 0 Å². The number of rotatable bonds is 5. The highest BCUT2D eigenvalue weighted by atomic mass is 79.9. The van der Waals surface area contributed by atoms with E-state index in [0.29, 0.717) is 5.02 Å². The summed E-state index contributed by atoms with van der Waals surface area (Å²) in [5, 5.41) is 3.89. The maximum absolute atomic E-state index is 6.02. The quantitative estimate of drug-likeness (QED) is 0.816. The number of hydrogen-bond donors (Lipinski definition) is 1. The maximum Gasteiger partial charge on any atom is 0.144 e. The fourth-order valence-electron chi connectivity index (χ4n) is 1.26. The van der Waals surface area contributed by atoms with Crippen LogP contribution in [0.3, 0.4) is 0 Å². The molecule has 0 aromatic carbocycles. The predicted molar refractivity (Wildman–Crippen MR) is 69.5 cm³/mol. The molecule has 2 nitrogen and oxygen atoms in total. The molecule has 0 saturated carbocycles. The van der Waals surface area contributed by atoms with Gasteiger partial charge >= 0.3 is 0 Å². The molecule has 0 aliphatic carbocycles. The molecule has 0 radical (unpaired) electrons. The second-order valence-electron chi connectivity index (χ2n) is 3.95. The topological polar surface area (TPSA) is 24.9 Å². The smallest absolute Gasteiger partial charge is 0.144 e. The number of hydrogen-bond acceptors (Lipinski definition) is 2. The van der Waals surface area contributed by atoms with Gasteiger partial charge in [0.2, 0.25) is 0 Å². The van der Waals surface area contributed by atoms with Gasteiger partial charge in [-0.2, -0.15) is 0 Å². The molecule has 1 aromatic rings. The number of nitrogens with one attached hydrogen (secondary N) is 1. The Balaban J connectivity index is 2.37. The fourth-order valence-corrected chi connectivity index (χ4v) is 1.96. The van der Waals surface area contributed by atoms with Gasteiger partial charge in [-0.25, -0.2) is 4.98 Å². The first-order valence-corrected chi connectivity index (χ1v) is 6.31. The number of nitrogens with zero attached hydrogens (tertiary/aromatic N) is 1. The van der Waals surface area contributed by atoms with Gasteiger partial charge in [0.1, 0.15) is 5.82 Å². The van der Waals surface area contributed by atoms with Crippen LogP contribution in [0.15, 0.2) is 16.7 Å². The average Bonchev–Trinajstić information content (AvgIpc) is 2.14. The monoisotopic (exact) mass is 290 g/mol. The van der Waals surface area contributed by atoms with Crippen LogP contribution in [0, 0.1) is 5.92 Å². The number of aromatic nitrogens is 1. The molecule has 0 aliphatic heterocycles. The van der Waals surface area contributed by atoms with Gasteiger partial charge in [0.05, 0.1) is 5.02 Å². The zero-order chi connectivity index (χ0) is 11.3. The van der Waals surface area contributed by atoms with Crippen molar-refractivity contribution in [2.45, 2.75) is 26.7 Å². The normalized spacial score (nSPS) is 10.7. The summed E-state index contributed by atoms with van der Waals surface area (Å²) in [6.45, 7) is 5.38. The van der Waals surface area contributed by atoms with Crippen molar-refractivity contribution in [2.75, 3.05) is 11.9 Å². The van der Waals surface area contributed by atoms with Gasteiger partial charge in [0.25, 0.3) is 0 Å². The summed E-state index contributed by atoms with van der Waals surface area (Å²) in [5.41, 5.74) is 0. The highest BCUT2D eigenvalue weighted by molar-refractivity contribution is 9.10. The molecule has 1 aromatic heterocycles. The molecule has 0 aliphatic rings. The van der Waals surface area contributed by atoms with E-state index in [2.05, 4.69) is 40.1 Å². The second-order valence-corrected chi connectivity index (χ2v) is 5.27. The average molecular weight is 292 g/mol. The summed E-state index contributed by atoms with van der Waals surface area (Å²) in [7, 11) is 0. The van der Waals surface area contributed by atoms with Gasteiger partial charge in [-0.1, -0.05) is 25.4 Å².